The van der Waals surface area contributed by atoms with E-state index in [9.17, 15) is 9.59 Å². The van der Waals surface area contributed by atoms with Crippen LogP contribution in [0.3, 0.4) is 0 Å². The van der Waals surface area contributed by atoms with Gasteiger partial charge in [0, 0.05) is 6.42 Å². The number of hydrogen-bond donors (Lipinski definition) is 0. The Hall–Kier alpha value is -0.449. The van der Waals surface area contributed by atoms with Gasteiger partial charge in [-0.05, 0) is 71.8 Å². The van der Waals surface area contributed by atoms with Gasteiger partial charge >= 0.3 is 5.97 Å². The first-order valence-corrected chi connectivity index (χ1v) is 20.4. The van der Waals surface area contributed by atoms with Crippen LogP contribution in [-0.2, 0) is 22.9 Å². The molecule has 0 amide bonds. The molecular formula is C19H42O5Si3. The van der Waals surface area contributed by atoms with E-state index < -0.39 is 31.1 Å². The van der Waals surface area contributed by atoms with Gasteiger partial charge in [0.2, 0.25) is 16.6 Å². The Morgan fingerprint density at radius 3 is 1.63 bits per heavy atom. The number of carbonyl (C=O) groups is 2. The molecule has 0 bridgehead atoms. The Morgan fingerprint density at radius 1 is 0.667 bits per heavy atom. The van der Waals surface area contributed by atoms with Crippen molar-refractivity contribution in [3.63, 3.8) is 0 Å². The molecule has 1 atom stereocenters. The van der Waals surface area contributed by atoms with Crippen LogP contribution in [-0.4, -0.2) is 43.0 Å². The van der Waals surface area contributed by atoms with E-state index >= 15 is 0 Å². The first kappa shape index (κ1) is 26.6. The standard InChI is InChI=1S/C19H42O5Si3/c1-25(2,3)22-17(19(21)24-27(7,8)9)15-13-11-10-12-14-16-18(20)23-26(4,5)6/h17H,10-16H2,1-9H3. The molecule has 0 radical (unpaired) electrons. The second kappa shape index (κ2) is 11.5. The van der Waals surface area contributed by atoms with Crippen molar-refractivity contribution in [2.75, 3.05) is 0 Å². The van der Waals surface area contributed by atoms with E-state index in [0.717, 1.165) is 32.1 Å². The SMILES string of the molecule is C[Si](C)(C)OC(=O)CCCCCCCC(O[Si](C)(C)C)C(=O)O[Si](C)(C)C. The van der Waals surface area contributed by atoms with Crippen LogP contribution in [0.5, 0.6) is 0 Å². The van der Waals surface area contributed by atoms with Gasteiger partial charge in [-0.1, -0.05) is 25.7 Å². The minimum Gasteiger partial charge on any atom is -0.520 e. The average Bonchev–Trinajstić information content (AvgIpc) is 2.39. The molecule has 0 spiro atoms. The third kappa shape index (κ3) is 17.4. The van der Waals surface area contributed by atoms with Crippen LogP contribution in [0.1, 0.15) is 44.9 Å². The summed E-state index contributed by atoms with van der Waals surface area (Å²) in [6.07, 6.45) is 5.71. The number of rotatable bonds is 13. The molecule has 0 fully saturated rings. The summed E-state index contributed by atoms with van der Waals surface area (Å²) in [4.78, 5) is 24.2. The average molecular weight is 435 g/mol. The van der Waals surface area contributed by atoms with Gasteiger partial charge in [-0.2, -0.15) is 0 Å². The molecule has 5 nitrogen and oxygen atoms in total. The highest BCUT2D eigenvalue weighted by molar-refractivity contribution is 6.72. The minimum absolute atomic E-state index is 0.0631. The van der Waals surface area contributed by atoms with E-state index in [0.29, 0.717) is 12.8 Å². The summed E-state index contributed by atoms with van der Waals surface area (Å²) in [5.74, 6) is -0.252. The molecule has 0 N–H and O–H groups in total. The highest BCUT2D eigenvalue weighted by Crippen LogP contribution is 2.18. The fraction of sp³-hybridized carbons (Fsp3) is 0.895. The predicted molar refractivity (Wildman–Crippen MR) is 119 cm³/mol. The molecule has 0 aliphatic carbocycles. The molecule has 0 aliphatic heterocycles. The lowest BCUT2D eigenvalue weighted by molar-refractivity contribution is -0.144. The smallest absolute Gasteiger partial charge is 0.320 e. The quantitative estimate of drug-likeness (QED) is 0.275. The van der Waals surface area contributed by atoms with E-state index in [4.69, 9.17) is 13.3 Å². The van der Waals surface area contributed by atoms with Crippen LogP contribution in [0.15, 0.2) is 0 Å². The normalized spacial score (nSPS) is 14.0. The largest absolute Gasteiger partial charge is 0.520 e. The Balaban J connectivity index is 4.16. The van der Waals surface area contributed by atoms with Crippen LogP contribution in [0, 0.1) is 0 Å². The molecule has 0 saturated carbocycles. The Bertz CT molecular complexity index is 461. The summed E-state index contributed by atoms with van der Waals surface area (Å²) in [6.45, 7) is 18.4. The molecule has 0 aliphatic rings. The second-order valence-corrected chi connectivity index (χ2v) is 23.5. The van der Waals surface area contributed by atoms with Crippen molar-refractivity contribution in [2.45, 2.75) is 110 Å². The zero-order valence-corrected chi connectivity index (χ0v) is 22.1. The fourth-order valence-corrected chi connectivity index (χ4v) is 5.13. The van der Waals surface area contributed by atoms with Gasteiger partial charge in [-0.25, -0.2) is 0 Å². The van der Waals surface area contributed by atoms with Gasteiger partial charge < -0.3 is 13.3 Å². The minimum atomic E-state index is -1.91. The third-order valence-electron chi connectivity index (χ3n) is 3.43. The number of unbranched alkanes of at least 4 members (excludes halogenated alkanes) is 4. The van der Waals surface area contributed by atoms with Crippen molar-refractivity contribution >= 4 is 36.9 Å². The predicted octanol–water partition coefficient (Wildman–Crippen LogP) is 5.69. The van der Waals surface area contributed by atoms with Crippen molar-refractivity contribution in [2.24, 2.45) is 0 Å². The molecule has 0 aromatic rings. The number of hydrogen-bond acceptors (Lipinski definition) is 5. The van der Waals surface area contributed by atoms with Gasteiger partial charge in [0.1, 0.15) is 6.10 Å². The first-order valence-electron chi connectivity index (χ1n) is 10.2. The lowest BCUT2D eigenvalue weighted by Gasteiger charge is -2.28. The molecule has 0 saturated heterocycles. The van der Waals surface area contributed by atoms with E-state index in [2.05, 4.69) is 19.6 Å². The first-order chi connectivity index (χ1) is 12.1. The van der Waals surface area contributed by atoms with Crippen LogP contribution in [0.4, 0.5) is 0 Å². The van der Waals surface area contributed by atoms with Gasteiger partial charge in [0.15, 0.2) is 8.32 Å². The van der Waals surface area contributed by atoms with E-state index in [1.807, 2.05) is 39.3 Å². The molecule has 0 aromatic carbocycles. The summed E-state index contributed by atoms with van der Waals surface area (Å²) < 4.78 is 17.2. The molecule has 8 heteroatoms. The molecule has 27 heavy (non-hydrogen) atoms. The molecule has 0 heterocycles. The van der Waals surface area contributed by atoms with Gasteiger partial charge in [0.05, 0.1) is 0 Å². The zero-order chi connectivity index (χ0) is 21.3. The zero-order valence-electron chi connectivity index (χ0n) is 19.1. The fourth-order valence-electron chi connectivity index (χ4n) is 2.54. The monoisotopic (exact) mass is 434 g/mol. The summed E-state index contributed by atoms with van der Waals surface area (Å²) in [6, 6.07) is 0. The Kier molecular flexibility index (Phi) is 11.3. The van der Waals surface area contributed by atoms with Crippen LogP contribution in [0.2, 0.25) is 58.9 Å². The maximum Gasteiger partial charge on any atom is 0.320 e. The highest BCUT2D eigenvalue weighted by atomic mass is 28.4. The van der Waals surface area contributed by atoms with Gasteiger partial charge in [-0.15, -0.1) is 0 Å². The summed E-state index contributed by atoms with van der Waals surface area (Å²) >= 11 is 0. The van der Waals surface area contributed by atoms with Crippen molar-refractivity contribution in [1.29, 1.82) is 0 Å². The molecule has 160 valence electrons. The lowest BCUT2D eigenvalue weighted by Crippen LogP contribution is -2.41. The van der Waals surface area contributed by atoms with Crippen LogP contribution >= 0.6 is 0 Å². The van der Waals surface area contributed by atoms with Crippen molar-refractivity contribution in [3.8, 4) is 0 Å². The summed E-state index contributed by atoms with van der Waals surface area (Å²) in [5.41, 5.74) is 0. The van der Waals surface area contributed by atoms with E-state index in [-0.39, 0.29) is 11.9 Å². The van der Waals surface area contributed by atoms with Crippen molar-refractivity contribution in [1.82, 2.24) is 0 Å². The van der Waals surface area contributed by atoms with E-state index in [1.165, 1.54) is 0 Å². The van der Waals surface area contributed by atoms with Gasteiger partial charge in [0.25, 0.3) is 5.97 Å². The highest BCUT2D eigenvalue weighted by Gasteiger charge is 2.30. The van der Waals surface area contributed by atoms with Gasteiger partial charge in [-0.3, -0.25) is 9.59 Å². The maximum absolute atomic E-state index is 12.5. The molecule has 0 rings (SSSR count). The second-order valence-electron chi connectivity index (χ2n) is 10.1. The maximum atomic E-state index is 12.5. The molecule has 0 aromatic heterocycles. The lowest BCUT2D eigenvalue weighted by atomic mass is 10.1. The summed E-state index contributed by atoms with van der Waals surface area (Å²) in [7, 11) is -5.48. The molecule has 1 unspecified atom stereocenters. The van der Waals surface area contributed by atoms with E-state index in [1.54, 1.807) is 0 Å². The number of carbonyl (C=O) groups excluding carboxylic acids is 2. The third-order valence-corrected chi connectivity index (χ3v) is 6.08. The Labute approximate surface area is 169 Å². The Morgan fingerprint density at radius 2 is 1.15 bits per heavy atom. The topological polar surface area (TPSA) is 61.8 Å². The van der Waals surface area contributed by atoms with Crippen LogP contribution < -0.4 is 0 Å². The van der Waals surface area contributed by atoms with Crippen molar-refractivity contribution in [3.05, 3.63) is 0 Å². The van der Waals surface area contributed by atoms with Crippen molar-refractivity contribution < 1.29 is 22.9 Å². The van der Waals surface area contributed by atoms with Crippen LogP contribution in [0.25, 0.3) is 0 Å². The molecular weight excluding hydrogens is 392 g/mol. The summed E-state index contributed by atoms with van der Waals surface area (Å²) in [5, 5.41) is 0.